The van der Waals surface area contributed by atoms with E-state index in [4.69, 9.17) is 20.1 Å². The summed E-state index contributed by atoms with van der Waals surface area (Å²) in [5, 5.41) is 24.4. The van der Waals surface area contributed by atoms with Crippen LogP contribution >= 0.6 is 0 Å². The van der Waals surface area contributed by atoms with Gasteiger partial charge >= 0.3 is 17.9 Å². The van der Waals surface area contributed by atoms with Gasteiger partial charge in [-0.25, -0.2) is 4.79 Å². The van der Waals surface area contributed by atoms with Gasteiger partial charge in [-0.15, -0.1) is 0 Å². The fraction of sp³-hybridized carbons (Fsp3) is 0.769. The molecule has 0 radical (unpaired) electrons. The number of rotatable bonds is 7. The second-order valence-corrected chi connectivity index (χ2v) is 5.55. The van der Waals surface area contributed by atoms with E-state index in [1.165, 1.54) is 6.92 Å². The molecule has 0 aliphatic carbocycles. The van der Waals surface area contributed by atoms with Crippen molar-refractivity contribution in [3.8, 4) is 0 Å². The molecule has 0 heterocycles. The van der Waals surface area contributed by atoms with E-state index >= 15 is 0 Å². The molecule has 8 heteroatoms. The molecule has 0 amide bonds. The maximum absolute atomic E-state index is 11.1. The molecule has 8 nitrogen and oxygen atoms in total. The Kier molecular flexibility index (Phi) is 10.4. The van der Waals surface area contributed by atoms with Crippen LogP contribution in [0.5, 0.6) is 0 Å². The molecule has 0 saturated heterocycles. The average Bonchev–Trinajstić information content (AvgIpc) is 2.26. The average molecular weight is 308 g/mol. The lowest BCUT2D eigenvalue weighted by molar-refractivity contribution is -0.873. The second-order valence-electron chi connectivity index (χ2n) is 5.55. The summed E-state index contributed by atoms with van der Waals surface area (Å²) in [5.74, 6) is -2.48. The number of esters is 1. The zero-order valence-corrected chi connectivity index (χ0v) is 13.2. The van der Waals surface area contributed by atoms with Crippen LogP contribution < -0.4 is 0 Å². The van der Waals surface area contributed by atoms with E-state index in [1.54, 1.807) is 6.92 Å². The highest BCUT2D eigenvalue weighted by Crippen LogP contribution is 2.06. The van der Waals surface area contributed by atoms with Gasteiger partial charge in [0.1, 0.15) is 12.6 Å². The van der Waals surface area contributed by atoms with Gasteiger partial charge in [-0.1, -0.05) is 6.92 Å². The van der Waals surface area contributed by atoms with Crippen molar-refractivity contribution < 1.29 is 38.9 Å². The van der Waals surface area contributed by atoms with Crippen molar-refractivity contribution in [1.29, 1.82) is 0 Å². The van der Waals surface area contributed by atoms with E-state index in [1.807, 2.05) is 21.1 Å². The summed E-state index contributed by atoms with van der Waals surface area (Å²) in [6.45, 7) is 3.38. The first-order valence-electron chi connectivity index (χ1n) is 6.51. The van der Waals surface area contributed by atoms with E-state index in [2.05, 4.69) is 0 Å². The third-order valence-electron chi connectivity index (χ3n) is 2.10. The largest absolute Gasteiger partial charge is 0.481 e. The maximum Gasteiger partial charge on any atom is 0.332 e. The number of nitrogens with zero attached hydrogens (tertiary/aromatic N) is 1. The van der Waals surface area contributed by atoms with Crippen molar-refractivity contribution in [3.63, 3.8) is 0 Å². The monoisotopic (exact) mass is 308 g/mol. The number of aliphatic hydroxyl groups excluding tert-OH is 1. The molecule has 0 aromatic rings. The minimum atomic E-state index is -1.23. The number of ether oxygens (including phenoxy) is 1. The Morgan fingerprint density at radius 2 is 1.57 bits per heavy atom. The van der Waals surface area contributed by atoms with Gasteiger partial charge < -0.3 is 24.5 Å². The number of hydrogen-bond donors (Lipinski definition) is 3. The minimum Gasteiger partial charge on any atom is -0.481 e. The quantitative estimate of drug-likeness (QED) is 0.445. The predicted molar refractivity (Wildman–Crippen MR) is 74.6 cm³/mol. The van der Waals surface area contributed by atoms with E-state index in [0.717, 1.165) is 0 Å². The highest BCUT2D eigenvalue weighted by molar-refractivity contribution is 5.71. The first-order chi connectivity index (χ1) is 9.38. The van der Waals surface area contributed by atoms with Crippen molar-refractivity contribution in [2.75, 3.05) is 27.7 Å². The summed E-state index contributed by atoms with van der Waals surface area (Å²) in [4.78, 5) is 31.1. The van der Waals surface area contributed by atoms with Crippen LogP contribution in [0.2, 0.25) is 0 Å². The maximum atomic E-state index is 11.1. The molecule has 1 unspecified atom stereocenters. The number of aliphatic hydroxyl groups is 1. The molecule has 0 aliphatic heterocycles. The molecule has 0 aromatic carbocycles. The van der Waals surface area contributed by atoms with E-state index < -0.39 is 24.1 Å². The molecule has 0 aromatic heterocycles. The minimum absolute atomic E-state index is 0.138. The molecule has 0 saturated carbocycles. The van der Waals surface area contributed by atoms with Crippen LogP contribution in [0.3, 0.4) is 0 Å². The normalized spacial score (nSPS) is 13.4. The number of hydrogen-bond acceptors (Lipinski definition) is 5. The molecule has 2 atom stereocenters. The number of likely N-dealkylation sites (N-methyl/N-ethyl adjacent to an activating group) is 1. The zero-order valence-electron chi connectivity index (χ0n) is 13.2. The molecule has 0 bridgehead atoms. The second kappa shape index (κ2) is 10.1. The predicted octanol–water partition coefficient (Wildman–Crippen LogP) is -0.0591. The Balaban J connectivity index is 0. The number of carboxylic acids is 2. The molecular formula is C13H26NO7+. The van der Waals surface area contributed by atoms with Crippen molar-refractivity contribution in [3.05, 3.63) is 0 Å². The van der Waals surface area contributed by atoms with Crippen LogP contribution in [-0.2, 0) is 19.1 Å². The van der Waals surface area contributed by atoms with Crippen LogP contribution in [0.15, 0.2) is 0 Å². The fourth-order valence-electron chi connectivity index (χ4n) is 1.22. The summed E-state index contributed by atoms with van der Waals surface area (Å²) in [5.41, 5.74) is 0. The van der Waals surface area contributed by atoms with E-state index in [0.29, 0.717) is 11.0 Å². The number of quaternary nitrogens is 1. The lowest BCUT2D eigenvalue weighted by atomic mass is 10.2. The van der Waals surface area contributed by atoms with Gasteiger partial charge in [-0.3, -0.25) is 9.59 Å². The van der Waals surface area contributed by atoms with Crippen LogP contribution in [0, 0.1) is 0 Å². The van der Waals surface area contributed by atoms with Crippen LogP contribution in [0.1, 0.15) is 26.7 Å². The van der Waals surface area contributed by atoms with E-state index in [-0.39, 0.29) is 18.8 Å². The smallest absolute Gasteiger partial charge is 0.332 e. The number of carbonyl (C=O) groups excluding carboxylic acids is 1. The molecule has 0 fully saturated rings. The number of carbonyl (C=O) groups is 3. The van der Waals surface area contributed by atoms with E-state index in [9.17, 15) is 14.4 Å². The van der Waals surface area contributed by atoms with Crippen molar-refractivity contribution in [1.82, 2.24) is 0 Å². The summed E-state index contributed by atoms with van der Waals surface area (Å²) in [7, 11) is 5.78. The molecule has 3 N–H and O–H groups in total. The summed E-state index contributed by atoms with van der Waals surface area (Å²) >= 11 is 0. The van der Waals surface area contributed by atoms with Gasteiger partial charge in [0, 0.05) is 6.42 Å². The number of aliphatic carboxylic acids is 2. The van der Waals surface area contributed by atoms with Crippen molar-refractivity contribution in [2.24, 2.45) is 0 Å². The van der Waals surface area contributed by atoms with Crippen molar-refractivity contribution in [2.45, 2.75) is 38.9 Å². The van der Waals surface area contributed by atoms with Crippen LogP contribution in [-0.4, -0.2) is 77.6 Å². The fourth-order valence-corrected chi connectivity index (χ4v) is 1.22. The van der Waals surface area contributed by atoms with Gasteiger partial charge in [-0.05, 0) is 6.92 Å². The first-order valence-corrected chi connectivity index (χ1v) is 6.51. The molecule has 0 rings (SSSR count). The Bertz CT molecular complexity index is 347. The highest BCUT2D eigenvalue weighted by Gasteiger charge is 2.24. The highest BCUT2D eigenvalue weighted by atomic mass is 16.5. The zero-order chi connectivity index (χ0) is 17.2. The van der Waals surface area contributed by atoms with Crippen molar-refractivity contribution >= 4 is 17.9 Å². The molecule has 124 valence electrons. The Hall–Kier alpha value is -1.67. The topological polar surface area (TPSA) is 121 Å². The Morgan fingerprint density at radius 1 is 1.14 bits per heavy atom. The Labute approximate surface area is 124 Å². The summed E-state index contributed by atoms with van der Waals surface area (Å²) in [6, 6.07) is 0. The van der Waals surface area contributed by atoms with Gasteiger partial charge in [-0.2, -0.15) is 0 Å². The van der Waals surface area contributed by atoms with Crippen LogP contribution in [0.4, 0.5) is 0 Å². The standard InChI is InChI=1S/C10H19NO4.C3H6O3/c1-5-10(14)15-8(6-9(12)13)7-11(2,3)4;1-2(4)3(5)6/h8H,5-7H2,1-4H3;2,4H,1H3,(H,5,6)/p+1/t8-;/m1./s1. The first kappa shape index (κ1) is 21.6. The van der Waals surface area contributed by atoms with Gasteiger partial charge in [0.25, 0.3) is 0 Å². The lowest BCUT2D eigenvalue weighted by Crippen LogP contribution is -2.43. The molecular weight excluding hydrogens is 282 g/mol. The summed E-state index contributed by atoms with van der Waals surface area (Å²) < 4.78 is 5.62. The summed E-state index contributed by atoms with van der Waals surface area (Å²) in [6.07, 6.45) is -1.64. The Morgan fingerprint density at radius 3 is 1.81 bits per heavy atom. The molecule has 0 aliphatic rings. The SMILES string of the molecule is CC(O)C(=O)O.CCC(=O)O[C@H](CC(=O)O)C[N+](C)(C)C. The molecule has 21 heavy (non-hydrogen) atoms. The number of carboxylic acid groups (broad SMARTS) is 2. The van der Waals surface area contributed by atoms with Gasteiger partial charge in [0.05, 0.1) is 27.6 Å². The lowest BCUT2D eigenvalue weighted by Gasteiger charge is -2.28. The molecule has 0 spiro atoms. The van der Waals surface area contributed by atoms with Gasteiger partial charge in [0.2, 0.25) is 0 Å². The third-order valence-corrected chi connectivity index (χ3v) is 2.10. The third kappa shape index (κ3) is 16.3. The van der Waals surface area contributed by atoms with Gasteiger partial charge in [0.15, 0.2) is 6.10 Å². The van der Waals surface area contributed by atoms with Crippen LogP contribution in [0.25, 0.3) is 0 Å².